The predicted octanol–water partition coefficient (Wildman–Crippen LogP) is 3.01. The van der Waals surface area contributed by atoms with Crippen LogP contribution in [0.3, 0.4) is 0 Å². The molecule has 2 aliphatic heterocycles. The van der Waals surface area contributed by atoms with Gasteiger partial charge in [0, 0.05) is 55.9 Å². The number of primary amides is 1. The van der Waals surface area contributed by atoms with Crippen LogP contribution in [0.1, 0.15) is 17.9 Å². The molecule has 9 heteroatoms. The van der Waals surface area contributed by atoms with Gasteiger partial charge in [0.25, 0.3) is 0 Å². The van der Waals surface area contributed by atoms with Crippen LogP contribution in [0.2, 0.25) is 0 Å². The number of pyridine rings is 1. The van der Waals surface area contributed by atoms with Gasteiger partial charge in [-0.1, -0.05) is 18.2 Å². The van der Waals surface area contributed by atoms with E-state index in [4.69, 9.17) is 5.73 Å². The Morgan fingerprint density at radius 2 is 1.91 bits per heavy atom. The average Bonchev–Trinajstić information content (AvgIpc) is 3.37. The molecule has 1 fully saturated rings. The van der Waals surface area contributed by atoms with E-state index in [1.165, 1.54) is 10.9 Å². The summed E-state index contributed by atoms with van der Waals surface area (Å²) in [4.78, 5) is 26.3. The molecule has 2 aromatic heterocycles. The van der Waals surface area contributed by atoms with Gasteiger partial charge >= 0.3 is 0 Å². The Labute approximate surface area is 200 Å². The van der Waals surface area contributed by atoms with E-state index in [2.05, 4.69) is 55.0 Å². The Hall–Kier alpha value is -2.48. The molecule has 3 aromatic rings. The van der Waals surface area contributed by atoms with Crippen molar-refractivity contribution in [3.63, 3.8) is 0 Å². The number of piperazine rings is 1. The molecule has 1 atom stereocenters. The maximum Gasteiger partial charge on any atom is 0.236 e. The Kier molecular flexibility index (Phi) is 7.87. The minimum absolute atomic E-state index is 0. The summed E-state index contributed by atoms with van der Waals surface area (Å²) in [5, 5.41) is 1.21. The second-order valence-corrected chi connectivity index (χ2v) is 8.33. The quantitative estimate of drug-likeness (QED) is 0.571. The monoisotopic (exact) mass is 476 g/mol. The number of anilines is 2. The van der Waals surface area contributed by atoms with E-state index in [9.17, 15) is 4.79 Å². The van der Waals surface area contributed by atoms with E-state index in [-0.39, 0.29) is 30.7 Å². The Morgan fingerprint density at radius 1 is 1.12 bits per heavy atom. The third-order valence-electron chi connectivity index (χ3n) is 6.42. The number of hydrogen-bond acceptors (Lipinski definition) is 5. The van der Waals surface area contributed by atoms with E-state index in [0.29, 0.717) is 12.5 Å². The van der Waals surface area contributed by atoms with E-state index in [0.717, 1.165) is 62.7 Å². The lowest BCUT2D eigenvalue weighted by molar-refractivity contribution is -0.116. The number of aromatic nitrogens is 2. The van der Waals surface area contributed by atoms with Crippen molar-refractivity contribution in [2.24, 2.45) is 5.73 Å². The topological polar surface area (TPSA) is 81.5 Å². The number of benzene rings is 1. The largest absolute Gasteiger partial charge is 0.368 e. The second kappa shape index (κ2) is 10.4. The summed E-state index contributed by atoms with van der Waals surface area (Å²) in [6.07, 6.45) is 4.98. The van der Waals surface area contributed by atoms with Crippen molar-refractivity contribution in [3.05, 3.63) is 54.4 Å². The molecule has 0 aliphatic carbocycles. The van der Waals surface area contributed by atoms with E-state index in [1.807, 2.05) is 18.5 Å². The van der Waals surface area contributed by atoms with Gasteiger partial charge in [-0.2, -0.15) is 0 Å². The van der Waals surface area contributed by atoms with Crippen molar-refractivity contribution in [2.75, 3.05) is 55.6 Å². The minimum Gasteiger partial charge on any atom is -0.368 e. The lowest BCUT2D eigenvalue weighted by Crippen LogP contribution is -2.47. The van der Waals surface area contributed by atoms with Crippen LogP contribution in [-0.2, 0) is 4.79 Å². The summed E-state index contributed by atoms with van der Waals surface area (Å²) in [5.74, 6) is 1.25. The van der Waals surface area contributed by atoms with Gasteiger partial charge in [-0.05, 0) is 36.7 Å². The van der Waals surface area contributed by atoms with Crippen molar-refractivity contribution in [3.8, 4) is 0 Å². The van der Waals surface area contributed by atoms with Crippen LogP contribution < -0.4 is 15.5 Å². The number of hydrogen-bond donors (Lipinski definition) is 2. The first kappa shape index (κ1) is 24.2. The molecule has 172 valence electrons. The lowest BCUT2D eigenvalue weighted by atomic mass is 9.97. The van der Waals surface area contributed by atoms with Gasteiger partial charge in [0.05, 0.1) is 18.3 Å². The molecule has 4 heterocycles. The Bertz CT molecular complexity index is 1050. The van der Waals surface area contributed by atoms with Gasteiger partial charge in [-0.3, -0.25) is 9.69 Å². The maximum atomic E-state index is 11.4. The summed E-state index contributed by atoms with van der Waals surface area (Å²) in [7, 11) is 0. The zero-order chi connectivity index (χ0) is 20.5. The van der Waals surface area contributed by atoms with Gasteiger partial charge in [0.2, 0.25) is 5.91 Å². The summed E-state index contributed by atoms with van der Waals surface area (Å²) in [6, 6.07) is 12.7. The molecule has 0 bridgehead atoms. The molecule has 1 amide bonds. The second-order valence-electron chi connectivity index (χ2n) is 8.33. The van der Waals surface area contributed by atoms with Crippen LogP contribution >= 0.6 is 24.8 Å². The van der Waals surface area contributed by atoms with Crippen LogP contribution in [0, 0.1) is 0 Å². The number of carbonyl (C=O) groups excluding carboxylic acids is 1. The standard InChI is InChI=1S/C23H28N6O.2ClH/c24-22(30)16-29-15-18(19-3-1-2-4-21(19)29)6-8-27-9-11-28(12-10-27)23-13-17-5-7-25-20(17)14-26-23;;/h1-5,7,13-14,18,25H,6,8-12,15-16H2,(H2,24,30);2*1H. The fourth-order valence-electron chi connectivity index (χ4n) is 4.82. The van der Waals surface area contributed by atoms with Gasteiger partial charge < -0.3 is 20.5 Å². The zero-order valence-corrected chi connectivity index (χ0v) is 19.6. The zero-order valence-electron chi connectivity index (χ0n) is 17.9. The number of amides is 1. The molecule has 2 aliphatic rings. The van der Waals surface area contributed by atoms with E-state index in [1.54, 1.807) is 0 Å². The van der Waals surface area contributed by atoms with Crippen LogP contribution in [0.4, 0.5) is 11.5 Å². The van der Waals surface area contributed by atoms with Crippen LogP contribution in [0.15, 0.2) is 48.8 Å². The Morgan fingerprint density at radius 3 is 2.69 bits per heavy atom. The first-order valence-electron chi connectivity index (χ1n) is 10.7. The molecule has 1 unspecified atom stereocenters. The number of halogens is 2. The number of rotatable bonds is 6. The van der Waals surface area contributed by atoms with Gasteiger partial charge in [-0.25, -0.2) is 4.98 Å². The summed E-state index contributed by atoms with van der Waals surface area (Å²) in [5.41, 5.74) is 9.05. The molecule has 1 saturated heterocycles. The first-order valence-corrected chi connectivity index (χ1v) is 10.7. The molecule has 3 N–H and O–H groups in total. The number of carbonyl (C=O) groups is 1. The third kappa shape index (κ3) is 4.95. The molecule has 0 saturated carbocycles. The van der Waals surface area contributed by atoms with Gasteiger partial charge in [0.15, 0.2) is 0 Å². The normalized spacial score (nSPS) is 18.2. The van der Waals surface area contributed by atoms with Crippen molar-refractivity contribution in [2.45, 2.75) is 12.3 Å². The lowest BCUT2D eigenvalue weighted by Gasteiger charge is -2.35. The van der Waals surface area contributed by atoms with Crippen molar-refractivity contribution < 1.29 is 4.79 Å². The van der Waals surface area contributed by atoms with E-state index >= 15 is 0 Å². The van der Waals surface area contributed by atoms with E-state index < -0.39 is 0 Å². The summed E-state index contributed by atoms with van der Waals surface area (Å²) < 4.78 is 0. The number of nitrogens with one attached hydrogen (secondary N) is 1. The smallest absolute Gasteiger partial charge is 0.236 e. The predicted molar refractivity (Wildman–Crippen MR) is 134 cm³/mol. The molecule has 7 nitrogen and oxygen atoms in total. The Balaban J connectivity index is 0.00000144. The highest BCUT2D eigenvalue weighted by molar-refractivity contribution is 5.85. The number of nitrogens with two attached hydrogens (primary N) is 1. The molecule has 32 heavy (non-hydrogen) atoms. The highest BCUT2D eigenvalue weighted by Gasteiger charge is 2.29. The van der Waals surface area contributed by atoms with Crippen LogP contribution in [-0.4, -0.2) is 66.6 Å². The van der Waals surface area contributed by atoms with Gasteiger partial charge in [0.1, 0.15) is 5.82 Å². The SMILES string of the molecule is Cl.Cl.NC(=O)CN1CC(CCN2CCN(c3cc4cc[nH]c4cn3)CC2)c2ccccc21. The molecule has 0 spiro atoms. The van der Waals surface area contributed by atoms with Crippen molar-refractivity contribution in [1.82, 2.24) is 14.9 Å². The summed E-state index contributed by atoms with van der Waals surface area (Å²) in [6.45, 7) is 6.34. The third-order valence-corrected chi connectivity index (χ3v) is 6.42. The molecular formula is C23H30Cl2N6O. The number of H-pyrrole nitrogens is 1. The highest BCUT2D eigenvalue weighted by atomic mass is 35.5. The number of nitrogens with zero attached hydrogens (tertiary/aromatic N) is 4. The highest BCUT2D eigenvalue weighted by Crippen LogP contribution is 2.37. The molecule has 1 aromatic carbocycles. The molecular weight excluding hydrogens is 447 g/mol. The maximum absolute atomic E-state index is 11.4. The fourth-order valence-corrected chi connectivity index (χ4v) is 4.82. The number of aromatic amines is 1. The number of para-hydroxylation sites is 1. The molecule has 5 rings (SSSR count). The van der Waals surface area contributed by atoms with Crippen molar-refractivity contribution in [1.29, 1.82) is 0 Å². The van der Waals surface area contributed by atoms with Gasteiger partial charge in [-0.15, -0.1) is 24.8 Å². The van der Waals surface area contributed by atoms with Crippen LogP contribution in [0.5, 0.6) is 0 Å². The molecule has 0 radical (unpaired) electrons. The fraction of sp³-hybridized carbons (Fsp3) is 0.391. The van der Waals surface area contributed by atoms with Crippen molar-refractivity contribution >= 4 is 53.1 Å². The average molecular weight is 477 g/mol. The van der Waals surface area contributed by atoms with Crippen LogP contribution in [0.25, 0.3) is 10.9 Å². The summed E-state index contributed by atoms with van der Waals surface area (Å²) >= 11 is 0. The number of fused-ring (bicyclic) bond motifs is 2. The minimum atomic E-state index is -0.270. The first-order chi connectivity index (χ1) is 14.7.